The second kappa shape index (κ2) is 1.73. The van der Waals surface area contributed by atoms with Gasteiger partial charge in [0.2, 0.25) is 6.41 Å². The molecule has 3 heteroatoms. The van der Waals surface area contributed by atoms with Crippen LogP contribution in [0.25, 0.3) is 0 Å². The molecule has 0 aliphatic carbocycles. The molecule has 0 radical (unpaired) electrons. The Hall–Kier alpha value is -0.860. The van der Waals surface area contributed by atoms with Crippen molar-refractivity contribution in [2.45, 2.75) is 0 Å². The fourth-order valence-corrected chi connectivity index (χ4v) is 0.459. The molecule has 38 valence electrons. The third-order valence-corrected chi connectivity index (χ3v) is 0.858. The summed E-state index contributed by atoms with van der Waals surface area (Å²) in [5.41, 5.74) is 0. The van der Waals surface area contributed by atoms with Crippen LogP contribution in [0.15, 0.2) is 4.99 Å². The van der Waals surface area contributed by atoms with E-state index >= 15 is 0 Å². The fourth-order valence-electron chi connectivity index (χ4n) is 0.459. The summed E-state index contributed by atoms with van der Waals surface area (Å²) in [7, 11) is 0. The lowest BCUT2D eigenvalue weighted by molar-refractivity contribution is -0.117. The van der Waals surface area contributed by atoms with Gasteiger partial charge in [0.1, 0.15) is 6.67 Å². The topological polar surface area (TPSA) is 32.7 Å². The van der Waals surface area contributed by atoms with E-state index in [0.29, 0.717) is 13.2 Å². The average Bonchev–Trinajstić information content (AvgIpc) is 2.14. The molecule has 0 aromatic carbocycles. The smallest absolute Gasteiger partial charge is 0.211 e. The van der Waals surface area contributed by atoms with Crippen LogP contribution in [0.1, 0.15) is 0 Å². The first-order chi connectivity index (χ1) is 3.43. The Bertz CT molecular complexity index is 91.9. The molecule has 1 aliphatic heterocycles. The Balaban J connectivity index is 2.35. The Morgan fingerprint density at radius 3 is 3.00 bits per heavy atom. The van der Waals surface area contributed by atoms with Crippen LogP contribution in [0.3, 0.4) is 0 Å². The average molecular weight is 98.1 g/mol. The third kappa shape index (κ3) is 0.765. The number of carbonyl (C=O) groups excluding carboxylic acids is 1. The van der Waals surface area contributed by atoms with Crippen molar-refractivity contribution >= 4 is 12.6 Å². The third-order valence-electron chi connectivity index (χ3n) is 0.858. The normalized spacial score (nSPS) is 18.0. The van der Waals surface area contributed by atoms with Gasteiger partial charge in [-0.25, -0.2) is 0 Å². The highest BCUT2D eigenvalue weighted by Gasteiger charge is 2.00. The molecule has 0 unspecified atom stereocenters. The summed E-state index contributed by atoms with van der Waals surface area (Å²) < 4.78 is 0. The monoisotopic (exact) mass is 98.0 g/mol. The zero-order chi connectivity index (χ0) is 5.11. The lowest BCUT2D eigenvalue weighted by Crippen LogP contribution is -2.17. The minimum Gasteiger partial charge on any atom is -0.320 e. The largest absolute Gasteiger partial charge is 0.320 e. The van der Waals surface area contributed by atoms with E-state index in [-0.39, 0.29) is 0 Å². The van der Waals surface area contributed by atoms with E-state index < -0.39 is 0 Å². The van der Waals surface area contributed by atoms with Gasteiger partial charge in [-0.05, 0) is 0 Å². The minimum atomic E-state index is 0.545. The van der Waals surface area contributed by atoms with E-state index in [0.717, 1.165) is 6.41 Å². The predicted molar refractivity (Wildman–Crippen MR) is 26.1 cm³/mol. The Morgan fingerprint density at radius 2 is 2.71 bits per heavy atom. The fraction of sp³-hybridized carbons (Fsp3) is 0.500. The highest BCUT2D eigenvalue weighted by Crippen LogP contribution is 1.86. The summed E-state index contributed by atoms with van der Waals surface area (Å²) in [5, 5.41) is 0. The number of aliphatic imine (C=N–C) groups is 1. The lowest BCUT2D eigenvalue weighted by atomic mass is 10.7. The molecule has 0 bridgehead atoms. The van der Waals surface area contributed by atoms with Crippen LogP contribution in [0.2, 0.25) is 0 Å². The van der Waals surface area contributed by atoms with Crippen molar-refractivity contribution in [3.63, 3.8) is 0 Å². The number of amides is 1. The molecular weight excluding hydrogens is 92.1 g/mol. The van der Waals surface area contributed by atoms with E-state index in [9.17, 15) is 4.79 Å². The summed E-state index contributed by atoms with van der Waals surface area (Å²) in [4.78, 5) is 15.2. The molecule has 0 aromatic rings. The minimum absolute atomic E-state index is 0.545. The summed E-state index contributed by atoms with van der Waals surface area (Å²) in [6, 6.07) is 0. The molecule has 0 aromatic heterocycles. The van der Waals surface area contributed by atoms with E-state index in [2.05, 4.69) is 4.99 Å². The first-order valence-electron chi connectivity index (χ1n) is 2.11. The van der Waals surface area contributed by atoms with Gasteiger partial charge >= 0.3 is 0 Å². The van der Waals surface area contributed by atoms with Crippen molar-refractivity contribution < 1.29 is 4.79 Å². The van der Waals surface area contributed by atoms with E-state index in [1.807, 2.05) is 0 Å². The van der Waals surface area contributed by atoms with Gasteiger partial charge < -0.3 is 4.90 Å². The van der Waals surface area contributed by atoms with Crippen LogP contribution < -0.4 is 0 Å². The van der Waals surface area contributed by atoms with E-state index in [1.54, 1.807) is 11.1 Å². The first-order valence-corrected chi connectivity index (χ1v) is 2.11. The number of nitrogens with zero attached hydrogens (tertiary/aromatic N) is 2. The second-order valence-electron chi connectivity index (χ2n) is 1.38. The van der Waals surface area contributed by atoms with Gasteiger partial charge in [-0.1, -0.05) is 0 Å². The van der Waals surface area contributed by atoms with Crippen LogP contribution in [0.4, 0.5) is 0 Å². The van der Waals surface area contributed by atoms with Gasteiger partial charge in [-0.15, -0.1) is 0 Å². The number of hydrogen-bond donors (Lipinski definition) is 0. The molecule has 1 aliphatic rings. The molecular formula is C4H6N2O. The summed E-state index contributed by atoms with van der Waals surface area (Å²) in [6.07, 6.45) is 2.53. The standard InChI is InChI=1S/C4H6N2O/c7-4-6-2-1-5-3-6/h1,4H,2-3H2. The summed E-state index contributed by atoms with van der Waals surface area (Å²) >= 11 is 0. The van der Waals surface area contributed by atoms with Gasteiger partial charge in [-0.3, -0.25) is 9.79 Å². The second-order valence-corrected chi connectivity index (χ2v) is 1.38. The van der Waals surface area contributed by atoms with Gasteiger partial charge in [0, 0.05) is 6.21 Å². The number of hydrogen-bond acceptors (Lipinski definition) is 2. The highest BCUT2D eigenvalue weighted by molar-refractivity contribution is 5.66. The van der Waals surface area contributed by atoms with Crippen molar-refractivity contribution in [2.24, 2.45) is 4.99 Å². The van der Waals surface area contributed by atoms with E-state index in [4.69, 9.17) is 0 Å². The molecule has 1 heterocycles. The van der Waals surface area contributed by atoms with E-state index in [1.165, 1.54) is 0 Å². The molecule has 0 saturated carbocycles. The molecule has 1 amide bonds. The Kier molecular flexibility index (Phi) is 1.06. The van der Waals surface area contributed by atoms with Crippen molar-refractivity contribution in [3.8, 4) is 0 Å². The molecule has 0 atom stereocenters. The molecule has 0 fully saturated rings. The Labute approximate surface area is 41.6 Å². The van der Waals surface area contributed by atoms with Gasteiger partial charge in [0.05, 0.1) is 6.54 Å². The molecule has 1 rings (SSSR count). The molecule has 7 heavy (non-hydrogen) atoms. The van der Waals surface area contributed by atoms with Gasteiger partial charge in [0.25, 0.3) is 0 Å². The zero-order valence-corrected chi connectivity index (χ0v) is 3.87. The number of carbonyl (C=O) groups is 1. The lowest BCUT2D eigenvalue weighted by Gasteiger charge is -2.01. The van der Waals surface area contributed by atoms with Crippen molar-refractivity contribution in [2.75, 3.05) is 13.2 Å². The van der Waals surface area contributed by atoms with Crippen LogP contribution in [0, 0.1) is 0 Å². The molecule has 3 nitrogen and oxygen atoms in total. The quantitative estimate of drug-likeness (QED) is 0.406. The van der Waals surface area contributed by atoms with Crippen LogP contribution in [0.5, 0.6) is 0 Å². The SMILES string of the molecule is O=CN1CC=NC1. The van der Waals surface area contributed by atoms with Crippen molar-refractivity contribution in [1.82, 2.24) is 4.90 Å². The Morgan fingerprint density at radius 1 is 1.86 bits per heavy atom. The predicted octanol–water partition coefficient (Wildman–Crippen LogP) is -0.513. The van der Waals surface area contributed by atoms with Crippen molar-refractivity contribution in [3.05, 3.63) is 0 Å². The maximum Gasteiger partial charge on any atom is 0.211 e. The highest BCUT2D eigenvalue weighted by atomic mass is 16.1. The molecule has 0 saturated heterocycles. The van der Waals surface area contributed by atoms with Crippen molar-refractivity contribution in [1.29, 1.82) is 0 Å². The number of rotatable bonds is 1. The summed E-state index contributed by atoms with van der Waals surface area (Å²) in [5.74, 6) is 0. The summed E-state index contributed by atoms with van der Waals surface area (Å²) in [6.45, 7) is 1.23. The van der Waals surface area contributed by atoms with Gasteiger partial charge in [0.15, 0.2) is 0 Å². The molecule has 0 N–H and O–H groups in total. The first kappa shape index (κ1) is 4.30. The van der Waals surface area contributed by atoms with Crippen LogP contribution in [-0.4, -0.2) is 30.7 Å². The molecule has 0 spiro atoms. The van der Waals surface area contributed by atoms with Crippen LogP contribution >= 0.6 is 0 Å². The maximum atomic E-state index is 9.85. The van der Waals surface area contributed by atoms with Crippen LogP contribution in [-0.2, 0) is 4.79 Å². The zero-order valence-electron chi connectivity index (χ0n) is 3.87. The van der Waals surface area contributed by atoms with Gasteiger partial charge in [-0.2, -0.15) is 0 Å². The maximum absolute atomic E-state index is 9.85.